The van der Waals surface area contributed by atoms with E-state index in [1.165, 1.54) is 25.7 Å². The van der Waals surface area contributed by atoms with E-state index in [-0.39, 0.29) is 5.91 Å². The van der Waals surface area contributed by atoms with Crippen LogP contribution < -0.4 is 0 Å². The standard InChI is InChI=1S/C24H31N5O.C2HF3O2/c1-26(2)18-11-15-27(16-12-18)24(30)20-17-23(28-14-6-5-9-21(20)28)22-10-13-25-29(22)19-7-3-4-8-19;3-2(4,5)1(6)7/h5-6,9-10,13-14,17-19H,3-4,7-8,11-12,15-16H2,1-2H3;(H,6,7). The van der Waals surface area contributed by atoms with Crippen LogP contribution in [0.2, 0.25) is 0 Å². The van der Waals surface area contributed by atoms with Gasteiger partial charge in [-0.2, -0.15) is 18.3 Å². The molecule has 0 spiro atoms. The highest BCUT2D eigenvalue weighted by molar-refractivity contribution is 6.02. The predicted octanol–water partition coefficient (Wildman–Crippen LogP) is 4.72. The number of piperidine rings is 1. The minimum atomic E-state index is -5.08. The van der Waals surface area contributed by atoms with Crippen molar-refractivity contribution in [3.8, 4) is 11.4 Å². The molecule has 3 aromatic heterocycles. The number of nitrogens with zero attached hydrogens (tertiary/aromatic N) is 5. The summed E-state index contributed by atoms with van der Waals surface area (Å²) in [6.07, 6.45) is 5.85. The van der Waals surface area contributed by atoms with Gasteiger partial charge in [-0.25, -0.2) is 4.79 Å². The number of aromatic nitrogens is 3. The largest absolute Gasteiger partial charge is 0.490 e. The number of carbonyl (C=O) groups excluding carboxylic acids is 1. The van der Waals surface area contributed by atoms with Crippen LogP contribution >= 0.6 is 0 Å². The predicted molar refractivity (Wildman–Crippen MR) is 132 cm³/mol. The van der Waals surface area contributed by atoms with Crippen molar-refractivity contribution in [2.24, 2.45) is 0 Å². The normalized spacial score (nSPS) is 17.3. The zero-order valence-corrected chi connectivity index (χ0v) is 21.0. The number of halogens is 3. The third kappa shape index (κ3) is 5.82. The van der Waals surface area contributed by atoms with Crippen molar-refractivity contribution >= 4 is 17.4 Å². The van der Waals surface area contributed by atoms with Crippen LogP contribution in [0, 0.1) is 0 Å². The summed E-state index contributed by atoms with van der Waals surface area (Å²) in [5, 5.41) is 11.8. The molecule has 1 aliphatic heterocycles. The van der Waals surface area contributed by atoms with Crippen LogP contribution in [0.15, 0.2) is 42.7 Å². The van der Waals surface area contributed by atoms with Gasteiger partial charge in [0.1, 0.15) is 0 Å². The second-order valence-electron chi connectivity index (χ2n) is 9.79. The summed E-state index contributed by atoms with van der Waals surface area (Å²) in [6, 6.07) is 11.3. The molecule has 8 nitrogen and oxygen atoms in total. The fourth-order valence-electron chi connectivity index (χ4n) is 5.23. The molecule has 4 heterocycles. The number of carboxylic acid groups (broad SMARTS) is 1. The van der Waals surface area contributed by atoms with Crippen LogP contribution in [-0.2, 0) is 4.79 Å². The highest BCUT2D eigenvalue weighted by Gasteiger charge is 2.38. The molecule has 1 saturated heterocycles. The maximum absolute atomic E-state index is 13.5. The number of likely N-dealkylation sites (tertiary alicyclic amines) is 1. The molecule has 0 radical (unpaired) electrons. The van der Waals surface area contributed by atoms with E-state index in [9.17, 15) is 18.0 Å². The van der Waals surface area contributed by atoms with Gasteiger partial charge in [-0.05, 0) is 64.0 Å². The minimum absolute atomic E-state index is 0.147. The molecule has 1 amide bonds. The second kappa shape index (κ2) is 11.0. The van der Waals surface area contributed by atoms with Crippen molar-refractivity contribution in [1.29, 1.82) is 0 Å². The lowest BCUT2D eigenvalue weighted by atomic mass is 10.0. The molecule has 3 aromatic rings. The molecule has 0 atom stereocenters. The topological polar surface area (TPSA) is 83.1 Å². The van der Waals surface area contributed by atoms with Gasteiger partial charge in [0.25, 0.3) is 5.91 Å². The Balaban J connectivity index is 0.000000405. The van der Waals surface area contributed by atoms with Gasteiger partial charge in [-0.3, -0.25) is 9.48 Å². The number of hydrogen-bond acceptors (Lipinski definition) is 4. The molecule has 200 valence electrons. The molecule has 1 saturated carbocycles. The maximum atomic E-state index is 13.5. The Labute approximate surface area is 213 Å². The Hall–Kier alpha value is -3.34. The number of pyridine rings is 1. The smallest absolute Gasteiger partial charge is 0.475 e. The molecule has 2 aliphatic rings. The summed E-state index contributed by atoms with van der Waals surface area (Å²) < 4.78 is 36.1. The molecular weight excluding hydrogens is 487 g/mol. The SMILES string of the molecule is CN(C)C1CCN(C(=O)c2cc(-c3ccnn3C3CCCC3)n3ccccc23)CC1.O=C(O)C(F)(F)F. The summed E-state index contributed by atoms with van der Waals surface area (Å²) in [5.74, 6) is -2.61. The van der Waals surface area contributed by atoms with Crippen molar-refractivity contribution in [3.05, 3.63) is 48.3 Å². The molecule has 5 rings (SSSR count). The monoisotopic (exact) mass is 519 g/mol. The van der Waals surface area contributed by atoms with E-state index >= 15 is 0 Å². The van der Waals surface area contributed by atoms with Gasteiger partial charge in [0.05, 0.1) is 28.5 Å². The van der Waals surface area contributed by atoms with E-state index in [1.54, 1.807) is 0 Å². The lowest BCUT2D eigenvalue weighted by Gasteiger charge is -2.35. The van der Waals surface area contributed by atoms with Gasteiger partial charge in [0.15, 0.2) is 0 Å². The first-order valence-corrected chi connectivity index (χ1v) is 12.5. The Kier molecular flexibility index (Phi) is 7.91. The molecule has 11 heteroatoms. The Bertz CT molecular complexity index is 1240. The molecule has 37 heavy (non-hydrogen) atoms. The first-order chi connectivity index (χ1) is 17.6. The fourth-order valence-corrected chi connectivity index (χ4v) is 5.23. The van der Waals surface area contributed by atoms with Crippen molar-refractivity contribution in [2.75, 3.05) is 27.2 Å². The zero-order chi connectivity index (χ0) is 26.7. The van der Waals surface area contributed by atoms with Crippen molar-refractivity contribution in [3.63, 3.8) is 0 Å². The lowest BCUT2D eigenvalue weighted by molar-refractivity contribution is -0.192. The van der Waals surface area contributed by atoms with Crippen LogP contribution in [0.3, 0.4) is 0 Å². The minimum Gasteiger partial charge on any atom is -0.475 e. The summed E-state index contributed by atoms with van der Waals surface area (Å²) >= 11 is 0. The van der Waals surface area contributed by atoms with Crippen LogP contribution in [0.25, 0.3) is 16.9 Å². The summed E-state index contributed by atoms with van der Waals surface area (Å²) in [5.41, 5.74) is 3.94. The molecule has 0 aromatic carbocycles. The molecular formula is C26H32F3N5O3. The molecule has 1 N–H and O–H groups in total. The average Bonchev–Trinajstić information content (AvgIpc) is 3.62. The van der Waals surface area contributed by atoms with Crippen molar-refractivity contribution in [1.82, 2.24) is 24.0 Å². The summed E-state index contributed by atoms with van der Waals surface area (Å²) in [4.78, 5) is 26.7. The van der Waals surface area contributed by atoms with Crippen molar-refractivity contribution < 1.29 is 27.9 Å². The Morgan fingerprint density at radius 3 is 2.27 bits per heavy atom. The number of aliphatic carboxylic acids is 1. The molecule has 0 bridgehead atoms. The van der Waals surface area contributed by atoms with Crippen LogP contribution in [0.4, 0.5) is 13.2 Å². The molecule has 1 aliphatic carbocycles. The first-order valence-electron chi connectivity index (χ1n) is 12.5. The quantitative estimate of drug-likeness (QED) is 0.540. The summed E-state index contributed by atoms with van der Waals surface area (Å²) in [6.45, 7) is 1.64. The number of alkyl halides is 3. The van der Waals surface area contributed by atoms with Gasteiger partial charge in [-0.1, -0.05) is 18.9 Å². The second-order valence-corrected chi connectivity index (χ2v) is 9.79. The van der Waals surface area contributed by atoms with E-state index in [4.69, 9.17) is 9.90 Å². The van der Waals surface area contributed by atoms with E-state index in [1.807, 2.05) is 23.2 Å². The number of hydrogen-bond donors (Lipinski definition) is 1. The van der Waals surface area contributed by atoms with Crippen LogP contribution in [0.1, 0.15) is 54.9 Å². The van der Waals surface area contributed by atoms with E-state index in [0.29, 0.717) is 12.1 Å². The number of fused-ring (bicyclic) bond motifs is 1. The zero-order valence-electron chi connectivity index (χ0n) is 21.0. The van der Waals surface area contributed by atoms with Crippen LogP contribution in [-0.4, -0.2) is 80.4 Å². The van der Waals surface area contributed by atoms with Gasteiger partial charge in [0.2, 0.25) is 0 Å². The number of amides is 1. The van der Waals surface area contributed by atoms with Gasteiger partial charge in [0, 0.05) is 31.5 Å². The first kappa shape index (κ1) is 26.7. The Morgan fingerprint density at radius 1 is 1.03 bits per heavy atom. The fraction of sp³-hybridized carbons (Fsp3) is 0.500. The highest BCUT2D eigenvalue weighted by Crippen LogP contribution is 2.34. The van der Waals surface area contributed by atoms with E-state index < -0.39 is 12.1 Å². The van der Waals surface area contributed by atoms with E-state index in [0.717, 1.165) is 48.4 Å². The van der Waals surface area contributed by atoms with Crippen molar-refractivity contribution in [2.45, 2.75) is 56.8 Å². The van der Waals surface area contributed by atoms with Crippen LogP contribution in [0.5, 0.6) is 0 Å². The number of rotatable bonds is 4. The third-order valence-electron chi connectivity index (χ3n) is 7.23. The van der Waals surface area contributed by atoms with E-state index in [2.05, 4.69) is 57.6 Å². The molecule has 2 fully saturated rings. The third-order valence-corrected chi connectivity index (χ3v) is 7.23. The summed E-state index contributed by atoms with van der Waals surface area (Å²) in [7, 11) is 4.26. The number of carboxylic acids is 1. The van der Waals surface area contributed by atoms with Gasteiger partial charge >= 0.3 is 12.1 Å². The van der Waals surface area contributed by atoms with Gasteiger partial charge in [-0.15, -0.1) is 0 Å². The lowest BCUT2D eigenvalue weighted by Crippen LogP contribution is -2.44. The highest BCUT2D eigenvalue weighted by atomic mass is 19.4. The molecule has 0 unspecified atom stereocenters. The van der Waals surface area contributed by atoms with Gasteiger partial charge < -0.3 is 19.3 Å². The Morgan fingerprint density at radius 2 is 1.68 bits per heavy atom. The number of carbonyl (C=O) groups is 2. The maximum Gasteiger partial charge on any atom is 0.490 e. The average molecular weight is 520 g/mol.